The molecule has 0 spiro atoms. The molecule has 2 aliphatic heterocycles. The van der Waals surface area contributed by atoms with Crippen LogP contribution in [0.15, 0.2) is 17.3 Å². The molecule has 2 rings (SSSR count). The number of nitrogens with zero attached hydrogens (tertiary/aromatic N) is 3. The molecular formula is C12H21N3O. The van der Waals surface area contributed by atoms with Crippen LogP contribution >= 0.6 is 0 Å². The first-order valence-electron chi connectivity index (χ1n) is 5.99. The molecular weight excluding hydrogens is 202 g/mol. The van der Waals surface area contributed by atoms with Gasteiger partial charge in [-0.05, 0) is 33.0 Å². The van der Waals surface area contributed by atoms with Gasteiger partial charge in [-0.3, -0.25) is 4.90 Å². The lowest BCUT2D eigenvalue weighted by Crippen LogP contribution is -2.44. The third-order valence-electron chi connectivity index (χ3n) is 3.32. The smallest absolute Gasteiger partial charge is 0.203 e. The fourth-order valence-corrected chi connectivity index (χ4v) is 2.23. The van der Waals surface area contributed by atoms with E-state index in [1.54, 1.807) is 6.26 Å². The molecule has 0 aromatic heterocycles. The maximum atomic E-state index is 5.37. The molecule has 16 heavy (non-hydrogen) atoms. The Kier molecular flexibility index (Phi) is 3.96. The van der Waals surface area contributed by atoms with E-state index < -0.39 is 0 Å². The third kappa shape index (κ3) is 3.06. The van der Waals surface area contributed by atoms with Crippen molar-refractivity contribution in [2.45, 2.75) is 18.9 Å². The number of likely N-dealkylation sites (tertiary alicyclic amines) is 1. The maximum Gasteiger partial charge on any atom is 0.203 e. The van der Waals surface area contributed by atoms with Crippen LogP contribution < -0.4 is 0 Å². The first kappa shape index (κ1) is 11.6. The summed E-state index contributed by atoms with van der Waals surface area (Å²) in [6, 6.07) is 0.741. The van der Waals surface area contributed by atoms with Crippen molar-refractivity contribution in [1.29, 1.82) is 0 Å². The average molecular weight is 223 g/mol. The lowest BCUT2D eigenvalue weighted by atomic mass is 10.0. The molecule has 0 amide bonds. The second kappa shape index (κ2) is 5.46. The van der Waals surface area contributed by atoms with E-state index in [1.165, 1.54) is 12.8 Å². The van der Waals surface area contributed by atoms with Crippen LogP contribution in [0, 0.1) is 0 Å². The summed E-state index contributed by atoms with van der Waals surface area (Å²) in [6.45, 7) is 3.93. The largest absolute Gasteiger partial charge is 0.450 e. The van der Waals surface area contributed by atoms with Gasteiger partial charge in [0.1, 0.15) is 0 Å². The molecule has 0 bridgehead atoms. The average Bonchev–Trinajstić information content (AvgIpc) is 2.31. The van der Waals surface area contributed by atoms with E-state index >= 15 is 0 Å². The van der Waals surface area contributed by atoms with E-state index in [1.807, 2.05) is 6.08 Å². The van der Waals surface area contributed by atoms with Crippen molar-refractivity contribution >= 4 is 5.90 Å². The molecule has 0 radical (unpaired) electrons. The summed E-state index contributed by atoms with van der Waals surface area (Å²) in [5.74, 6) is 0.866. The molecule has 0 N–H and O–H groups in total. The highest BCUT2D eigenvalue weighted by Gasteiger charge is 2.21. The van der Waals surface area contributed by atoms with Gasteiger partial charge in [0.2, 0.25) is 5.90 Å². The van der Waals surface area contributed by atoms with Crippen molar-refractivity contribution in [1.82, 2.24) is 9.80 Å². The number of hydrogen-bond acceptors (Lipinski definition) is 4. The van der Waals surface area contributed by atoms with Crippen molar-refractivity contribution in [2.75, 3.05) is 40.3 Å². The minimum absolute atomic E-state index is 0.741. The molecule has 0 aromatic rings. The van der Waals surface area contributed by atoms with Crippen LogP contribution in [0.1, 0.15) is 12.8 Å². The van der Waals surface area contributed by atoms with Gasteiger partial charge in [-0.1, -0.05) is 0 Å². The Hall–Kier alpha value is -0.870. The summed E-state index contributed by atoms with van der Waals surface area (Å²) >= 11 is 0. The van der Waals surface area contributed by atoms with Gasteiger partial charge in [0, 0.05) is 19.1 Å². The van der Waals surface area contributed by atoms with Crippen molar-refractivity contribution in [3.05, 3.63) is 12.3 Å². The molecule has 1 saturated heterocycles. The van der Waals surface area contributed by atoms with Crippen LogP contribution in [0.25, 0.3) is 0 Å². The molecule has 90 valence electrons. The predicted octanol–water partition coefficient (Wildman–Crippen LogP) is 0.955. The van der Waals surface area contributed by atoms with Crippen LogP contribution in [0.4, 0.5) is 0 Å². The van der Waals surface area contributed by atoms with Gasteiger partial charge in [0.15, 0.2) is 0 Å². The van der Waals surface area contributed by atoms with E-state index in [-0.39, 0.29) is 0 Å². The Morgan fingerprint density at radius 1 is 1.44 bits per heavy atom. The first-order chi connectivity index (χ1) is 7.75. The maximum absolute atomic E-state index is 5.37. The van der Waals surface area contributed by atoms with Crippen molar-refractivity contribution in [3.63, 3.8) is 0 Å². The predicted molar refractivity (Wildman–Crippen MR) is 65.7 cm³/mol. The quantitative estimate of drug-likeness (QED) is 0.713. The summed E-state index contributed by atoms with van der Waals surface area (Å²) in [7, 11) is 4.33. The number of rotatable bonds is 3. The monoisotopic (exact) mass is 223 g/mol. The Bertz CT molecular complexity index is 278. The zero-order valence-corrected chi connectivity index (χ0v) is 10.2. The fraction of sp³-hybridized carbons (Fsp3) is 0.750. The van der Waals surface area contributed by atoms with E-state index in [9.17, 15) is 0 Å². The second-order valence-corrected chi connectivity index (χ2v) is 4.69. The summed E-state index contributed by atoms with van der Waals surface area (Å²) in [5, 5.41) is 0. The number of hydrogen-bond donors (Lipinski definition) is 0. The highest BCUT2D eigenvalue weighted by atomic mass is 16.5. The van der Waals surface area contributed by atoms with Gasteiger partial charge in [-0.25, -0.2) is 4.99 Å². The number of ether oxygens (including phenoxy) is 1. The minimum Gasteiger partial charge on any atom is -0.450 e. The molecule has 4 heteroatoms. The highest BCUT2D eigenvalue weighted by Crippen LogP contribution is 2.14. The normalized spacial score (nSPS) is 23.3. The molecule has 0 unspecified atom stereocenters. The SMILES string of the molecule is CN(C)C1CCN(CC2=NCC=CO2)CC1. The highest BCUT2D eigenvalue weighted by molar-refractivity contribution is 5.79. The van der Waals surface area contributed by atoms with Crippen molar-refractivity contribution in [3.8, 4) is 0 Å². The molecule has 2 aliphatic rings. The van der Waals surface area contributed by atoms with Gasteiger partial charge < -0.3 is 9.64 Å². The lowest BCUT2D eigenvalue weighted by Gasteiger charge is -2.35. The molecule has 0 aliphatic carbocycles. The Morgan fingerprint density at radius 3 is 2.75 bits per heavy atom. The number of piperidine rings is 1. The van der Waals surface area contributed by atoms with E-state index in [2.05, 4.69) is 28.9 Å². The standard InChI is InChI=1S/C12H21N3O/c1-14(2)11-4-7-15(8-5-11)10-12-13-6-3-9-16-12/h3,9,11H,4-8,10H2,1-2H3. The topological polar surface area (TPSA) is 28.1 Å². The van der Waals surface area contributed by atoms with Gasteiger partial charge >= 0.3 is 0 Å². The van der Waals surface area contributed by atoms with Crippen LogP contribution in [0.2, 0.25) is 0 Å². The molecule has 4 nitrogen and oxygen atoms in total. The lowest BCUT2D eigenvalue weighted by molar-refractivity contribution is 0.154. The van der Waals surface area contributed by atoms with E-state index in [0.29, 0.717) is 0 Å². The molecule has 0 aromatic carbocycles. The van der Waals surface area contributed by atoms with Gasteiger partial charge in [-0.15, -0.1) is 0 Å². The van der Waals surface area contributed by atoms with Crippen LogP contribution in [0.3, 0.4) is 0 Å². The minimum atomic E-state index is 0.741. The molecule has 0 atom stereocenters. The summed E-state index contributed by atoms with van der Waals surface area (Å²) < 4.78 is 5.37. The van der Waals surface area contributed by atoms with Crippen LogP contribution in [-0.2, 0) is 4.74 Å². The van der Waals surface area contributed by atoms with E-state index in [0.717, 1.165) is 38.1 Å². The van der Waals surface area contributed by atoms with Gasteiger partial charge in [0.25, 0.3) is 0 Å². The van der Waals surface area contributed by atoms with E-state index in [4.69, 9.17) is 4.74 Å². The summed E-state index contributed by atoms with van der Waals surface area (Å²) in [6.07, 6.45) is 6.17. The Balaban J connectivity index is 1.75. The molecule has 2 heterocycles. The zero-order chi connectivity index (χ0) is 11.4. The number of aliphatic imine (C=N–C) groups is 1. The van der Waals surface area contributed by atoms with Crippen molar-refractivity contribution < 1.29 is 4.74 Å². The van der Waals surface area contributed by atoms with Gasteiger partial charge in [0.05, 0.1) is 19.4 Å². The first-order valence-corrected chi connectivity index (χ1v) is 5.99. The Labute approximate surface area is 97.6 Å². The zero-order valence-electron chi connectivity index (χ0n) is 10.2. The summed E-state index contributed by atoms with van der Waals surface area (Å²) in [4.78, 5) is 9.09. The Morgan fingerprint density at radius 2 is 2.19 bits per heavy atom. The summed E-state index contributed by atoms with van der Waals surface area (Å²) in [5.41, 5.74) is 0. The molecule has 1 fully saturated rings. The van der Waals surface area contributed by atoms with Crippen molar-refractivity contribution in [2.24, 2.45) is 4.99 Å². The fourth-order valence-electron chi connectivity index (χ4n) is 2.23. The van der Waals surface area contributed by atoms with Crippen LogP contribution in [-0.4, -0.2) is 62.0 Å². The van der Waals surface area contributed by atoms with Crippen LogP contribution in [0.5, 0.6) is 0 Å². The van der Waals surface area contributed by atoms with Gasteiger partial charge in [-0.2, -0.15) is 0 Å². The third-order valence-corrected chi connectivity index (χ3v) is 3.32. The molecule has 0 saturated carbocycles. The second-order valence-electron chi connectivity index (χ2n) is 4.69.